The number of rotatable bonds is 23. The third kappa shape index (κ3) is 25.6. The highest BCUT2D eigenvalue weighted by Crippen LogP contribution is 2.16. The average Bonchev–Trinajstić information content (AvgIpc) is 2.75. The highest BCUT2D eigenvalue weighted by Gasteiger charge is 2.00. The predicted octanol–water partition coefficient (Wildman–Crippen LogP) is 10.7. The van der Waals surface area contributed by atoms with Crippen LogP contribution in [0.3, 0.4) is 0 Å². The molecule has 0 N–H and O–H groups in total. The van der Waals surface area contributed by atoms with E-state index in [0.717, 1.165) is 31.6 Å². The molecule has 0 saturated carbocycles. The molecule has 0 saturated heterocycles. The molecule has 0 aliphatic heterocycles. The number of hydrogen-bond acceptors (Lipinski definition) is 0. The van der Waals surface area contributed by atoms with Crippen LogP contribution in [0.1, 0.15) is 161 Å². The summed E-state index contributed by atoms with van der Waals surface area (Å²) in [6.07, 6.45) is 32.4. The summed E-state index contributed by atoms with van der Waals surface area (Å²) >= 11 is 0. The molecule has 2 radical (unpaired) electrons. The Balaban J connectivity index is 3.14. The smallest absolute Gasteiger partial charge is 0.00886 e. The standard InChI is InChI=1S/C30H56/c1-4-6-8-9-10-11-12-13-14-15-16-17-18-19-20-21-22-23-24-25-26-27-29-30(3)28-7-5-2/h30H,1-2,4-21,24-29H2,3H3. The quantitative estimate of drug-likeness (QED) is 0.115. The van der Waals surface area contributed by atoms with E-state index in [1.807, 2.05) is 0 Å². The molecule has 0 aliphatic carbocycles. The Bertz CT molecular complexity index is 358. The first-order valence-corrected chi connectivity index (χ1v) is 13.9. The first-order chi connectivity index (χ1) is 14.8. The fourth-order valence-electron chi connectivity index (χ4n) is 4.21. The van der Waals surface area contributed by atoms with Gasteiger partial charge in [0, 0.05) is 12.8 Å². The maximum Gasteiger partial charge on any atom is 0.00886 e. The minimum atomic E-state index is 0.890. The van der Waals surface area contributed by atoms with Crippen LogP contribution in [0.15, 0.2) is 0 Å². The van der Waals surface area contributed by atoms with Gasteiger partial charge in [0.05, 0.1) is 0 Å². The van der Waals surface area contributed by atoms with E-state index < -0.39 is 0 Å². The van der Waals surface area contributed by atoms with Crippen molar-refractivity contribution in [2.45, 2.75) is 161 Å². The summed E-state index contributed by atoms with van der Waals surface area (Å²) in [7, 11) is 0. The van der Waals surface area contributed by atoms with Crippen LogP contribution in [0, 0.1) is 31.6 Å². The molecule has 30 heavy (non-hydrogen) atoms. The molecule has 0 rings (SSSR count). The summed E-state index contributed by atoms with van der Waals surface area (Å²) in [4.78, 5) is 0. The van der Waals surface area contributed by atoms with E-state index in [1.54, 1.807) is 0 Å². The SMILES string of the molecule is [CH2]CCCCCCCCCCCCCCCCC#CCCCCCC(C)CCC[CH2]. The molecule has 0 heterocycles. The van der Waals surface area contributed by atoms with E-state index in [4.69, 9.17) is 0 Å². The Labute approximate surface area is 192 Å². The van der Waals surface area contributed by atoms with E-state index in [-0.39, 0.29) is 0 Å². The van der Waals surface area contributed by atoms with Gasteiger partial charge in [-0.15, -0.1) is 11.8 Å². The first-order valence-electron chi connectivity index (χ1n) is 13.9. The maximum absolute atomic E-state index is 3.93. The van der Waals surface area contributed by atoms with E-state index in [1.165, 1.54) is 128 Å². The normalized spacial score (nSPS) is 12.0. The van der Waals surface area contributed by atoms with Crippen LogP contribution in [0.25, 0.3) is 0 Å². The fraction of sp³-hybridized carbons (Fsp3) is 0.867. The van der Waals surface area contributed by atoms with Crippen LogP contribution in [0.2, 0.25) is 0 Å². The maximum atomic E-state index is 3.93. The second kappa shape index (κ2) is 26.6. The van der Waals surface area contributed by atoms with Gasteiger partial charge < -0.3 is 0 Å². The van der Waals surface area contributed by atoms with Crippen molar-refractivity contribution in [3.8, 4) is 11.8 Å². The zero-order chi connectivity index (χ0) is 22.0. The van der Waals surface area contributed by atoms with Gasteiger partial charge in [-0.25, -0.2) is 0 Å². The summed E-state index contributed by atoms with van der Waals surface area (Å²) in [5.41, 5.74) is 0. The molecule has 0 aromatic carbocycles. The lowest BCUT2D eigenvalue weighted by Crippen LogP contribution is -1.94. The van der Waals surface area contributed by atoms with Gasteiger partial charge in [-0.2, -0.15) is 0 Å². The van der Waals surface area contributed by atoms with Crippen molar-refractivity contribution in [3.63, 3.8) is 0 Å². The molecule has 176 valence electrons. The van der Waals surface area contributed by atoms with Crippen LogP contribution >= 0.6 is 0 Å². The molecule has 0 nitrogen and oxygen atoms in total. The van der Waals surface area contributed by atoms with Crippen molar-refractivity contribution >= 4 is 0 Å². The van der Waals surface area contributed by atoms with E-state index >= 15 is 0 Å². The zero-order valence-electron chi connectivity index (χ0n) is 21.0. The minimum absolute atomic E-state index is 0.890. The van der Waals surface area contributed by atoms with Crippen LogP contribution in [-0.2, 0) is 0 Å². The lowest BCUT2D eigenvalue weighted by molar-refractivity contribution is 0.450. The Morgan fingerprint density at radius 1 is 0.433 bits per heavy atom. The van der Waals surface area contributed by atoms with Gasteiger partial charge in [0.2, 0.25) is 0 Å². The topological polar surface area (TPSA) is 0 Å². The molecule has 0 aromatic rings. The van der Waals surface area contributed by atoms with Crippen molar-refractivity contribution in [1.29, 1.82) is 0 Å². The summed E-state index contributed by atoms with van der Waals surface area (Å²) in [5.74, 6) is 7.69. The second-order valence-corrected chi connectivity index (χ2v) is 9.61. The summed E-state index contributed by atoms with van der Waals surface area (Å²) in [6, 6.07) is 0. The fourth-order valence-corrected chi connectivity index (χ4v) is 4.21. The van der Waals surface area contributed by atoms with E-state index in [0.29, 0.717) is 0 Å². The lowest BCUT2D eigenvalue weighted by Gasteiger charge is -2.09. The van der Waals surface area contributed by atoms with E-state index in [9.17, 15) is 0 Å². The summed E-state index contributed by atoms with van der Waals surface area (Å²) in [6.45, 7) is 10.2. The molecule has 1 unspecified atom stereocenters. The molecule has 1 atom stereocenters. The molecular weight excluding hydrogens is 360 g/mol. The van der Waals surface area contributed by atoms with Crippen LogP contribution in [0.4, 0.5) is 0 Å². The van der Waals surface area contributed by atoms with Crippen molar-refractivity contribution in [2.75, 3.05) is 0 Å². The Morgan fingerprint density at radius 2 is 0.767 bits per heavy atom. The van der Waals surface area contributed by atoms with Crippen molar-refractivity contribution in [1.82, 2.24) is 0 Å². The van der Waals surface area contributed by atoms with Gasteiger partial charge in [0.25, 0.3) is 0 Å². The van der Waals surface area contributed by atoms with Gasteiger partial charge in [0.15, 0.2) is 0 Å². The molecule has 0 amide bonds. The summed E-state index contributed by atoms with van der Waals surface area (Å²) in [5, 5.41) is 0. The van der Waals surface area contributed by atoms with Crippen LogP contribution in [0.5, 0.6) is 0 Å². The molecule has 0 fully saturated rings. The highest BCUT2D eigenvalue weighted by molar-refractivity contribution is 4.98. The van der Waals surface area contributed by atoms with E-state index in [2.05, 4.69) is 32.6 Å². The molecule has 0 spiro atoms. The Morgan fingerprint density at radius 3 is 1.20 bits per heavy atom. The largest absolute Gasteiger partial charge is 0.103 e. The molecule has 0 aliphatic rings. The third-order valence-electron chi connectivity index (χ3n) is 6.37. The van der Waals surface area contributed by atoms with Gasteiger partial charge >= 0.3 is 0 Å². The van der Waals surface area contributed by atoms with Crippen LogP contribution < -0.4 is 0 Å². The monoisotopic (exact) mass is 416 g/mol. The van der Waals surface area contributed by atoms with Crippen molar-refractivity contribution < 1.29 is 0 Å². The van der Waals surface area contributed by atoms with Crippen molar-refractivity contribution in [3.05, 3.63) is 13.8 Å². The predicted molar refractivity (Wildman–Crippen MR) is 138 cm³/mol. The minimum Gasteiger partial charge on any atom is -0.103 e. The Kier molecular flexibility index (Phi) is 26.2. The third-order valence-corrected chi connectivity index (χ3v) is 6.37. The van der Waals surface area contributed by atoms with Gasteiger partial charge in [-0.05, 0) is 18.8 Å². The highest BCUT2D eigenvalue weighted by atomic mass is 14.1. The number of unbranched alkanes of at least 4 members (excludes halogenated alkanes) is 19. The van der Waals surface area contributed by atoms with Gasteiger partial charge in [0.1, 0.15) is 0 Å². The summed E-state index contributed by atoms with van der Waals surface area (Å²) < 4.78 is 0. The molecule has 0 aromatic heterocycles. The average molecular weight is 417 g/mol. The van der Waals surface area contributed by atoms with Crippen molar-refractivity contribution in [2.24, 2.45) is 5.92 Å². The number of hydrogen-bond donors (Lipinski definition) is 0. The Hall–Kier alpha value is -0.440. The lowest BCUT2D eigenvalue weighted by atomic mass is 9.97. The molecule has 0 bridgehead atoms. The molecular formula is C30H56. The zero-order valence-corrected chi connectivity index (χ0v) is 21.0. The van der Waals surface area contributed by atoms with Crippen LogP contribution in [-0.4, -0.2) is 0 Å². The first kappa shape index (κ1) is 29.6. The van der Waals surface area contributed by atoms with Gasteiger partial charge in [-0.3, -0.25) is 0 Å². The second-order valence-electron chi connectivity index (χ2n) is 9.61. The molecule has 0 heteroatoms. The van der Waals surface area contributed by atoms with Gasteiger partial charge in [-0.1, -0.05) is 149 Å².